The van der Waals surface area contributed by atoms with E-state index < -0.39 is 4.92 Å². The second-order valence-corrected chi connectivity index (χ2v) is 5.34. The van der Waals surface area contributed by atoms with Crippen molar-refractivity contribution in [3.8, 4) is 0 Å². The minimum Gasteiger partial charge on any atom is -0.351 e. The third kappa shape index (κ3) is 4.96. The first-order chi connectivity index (χ1) is 10.6. The van der Waals surface area contributed by atoms with Gasteiger partial charge in [-0.2, -0.15) is 0 Å². The number of nitro groups is 1. The summed E-state index contributed by atoms with van der Waals surface area (Å²) in [5.41, 5.74) is 0.656. The predicted molar refractivity (Wildman–Crippen MR) is 85.4 cm³/mol. The lowest BCUT2D eigenvalue weighted by Crippen LogP contribution is -2.35. The minimum atomic E-state index is -0.450. The molecule has 0 spiro atoms. The van der Waals surface area contributed by atoms with Crippen molar-refractivity contribution >= 4 is 17.7 Å². The number of rotatable bonds is 8. The lowest BCUT2D eigenvalue weighted by Gasteiger charge is -2.19. The summed E-state index contributed by atoms with van der Waals surface area (Å²) in [5.74, 6) is -0.182. The van der Waals surface area contributed by atoms with Gasteiger partial charge in [-0.15, -0.1) is 0 Å². The Morgan fingerprint density at radius 2 is 2.27 bits per heavy atom. The molecule has 118 valence electrons. The van der Waals surface area contributed by atoms with Crippen LogP contribution in [0.3, 0.4) is 0 Å². The van der Waals surface area contributed by atoms with E-state index >= 15 is 0 Å². The zero-order chi connectivity index (χ0) is 15.9. The smallest absolute Gasteiger partial charge is 0.270 e. The van der Waals surface area contributed by atoms with Gasteiger partial charge >= 0.3 is 0 Å². The second-order valence-electron chi connectivity index (χ2n) is 5.34. The molecule has 1 amide bonds. The van der Waals surface area contributed by atoms with Crippen LogP contribution in [0.1, 0.15) is 25.3 Å². The third-order valence-corrected chi connectivity index (χ3v) is 3.68. The SMILES string of the molecule is CCN(CCNC(=O)/C=C/c1cccc([N+](=O)[O-])c1)C1CC1. The molecule has 22 heavy (non-hydrogen) atoms. The minimum absolute atomic E-state index is 0.0191. The lowest BCUT2D eigenvalue weighted by molar-refractivity contribution is -0.384. The van der Waals surface area contributed by atoms with E-state index in [4.69, 9.17) is 0 Å². The van der Waals surface area contributed by atoms with Crippen molar-refractivity contribution in [2.75, 3.05) is 19.6 Å². The van der Waals surface area contributed by atoms with Crippen LogP contribution in [-0.4, -0.2) is 41.4 Å². The van der Waals surface area contributed by atoms with Crippen molar-refractivity contribution in [3.05, 3.63) is 46.0 Å². The molecule has 6 heteroatoms. The Balaban J connectivity index is 1.78. The van der Waals surface area contributed by atoms with Crippen molar-refractivity contribution in [3.63, 3.8) is 0 Å². The van der Waals surface area contributed by atoms with Gasteiger partial charge in [0.15, 0.2) is 0 Å². The van der Waals surface area contributed by atoms with Crippen molar-refractivity contribution in [2.45, 2.75) is 25.8 Å². The number of likely N-dealkylation sites (N-methyl/N-ethyl adjacent to an activating group) is 1. The van der Waals surface area contributed by atoms with E-state index in [0.717, 1.165) is 13.1 Å². The molecule has 2 rings (SSSR count). The summed E-state index contributed by atoms with van der Waals surface area (Å²) in [6.07, 6.45) is 5.51. The lowest BCUT2D eigenvalue weighted by atomic mass is 10.2. The Bertz CT molecular complexity index is 568. The van der Waals surface area contributed by atoms with Crippen molar-refractivity contribution in [1.82, 2.24) is 10.2 Å². The summed E-state index contributed by atoms with van der Waals surface area (Å²) in [4.78, 5) is 24.3. The van der Waals surface area contributed by atoms with Gasteiger partial charge in [-0.25, -0.2) is 0 Å². The molecule has 0 bridgehead atoms. The summed E-state index contributed by atoms with van der Waals surface area (Å²) in [5, 5.41) is 13.5. The van der Waals surface area contributed by atoms with Gasteiger partial charge in [0.2, 0.25) is 5.91 Å². The summed E-state index contributed by atoms with van der Waals surface area (Å²) in [7, 11) is 0. The molecular weight excluding hydrogens is 282 g/mol. The second kappa shape index (κ2) is 7.70. The molecule has 1 aromatic carbocycles. The van der Waals surface area contributed by atoms with Gasteiger partial charge in [0.05, 0.1) is 4.92 Å². The Labute approximate surface area is 130 Å². The van der Waals surface area contributed by atoms with Crippen LogP contribution in [0.2, 0.25) is 0 Å². The molecule has 1 fully saturated rings. The van der Waals surface area contributed by atoms with Crippen LogP contribution in [0.15, 0.2) is 30.3 Å². The van der Waals surface area contributed by atoms with Gasteiger partial charge in [0.1, 0.15) is 0 Å². The van der Waals surface area contributed by atoms with E-state index in [-0.39, 0.29) is 11.6 Å². The molecule has 1 saturated carbocycles. The molecule has 0 unspecified atom stereocenters. The Morgan fingerprint density at radius 1 is 1.50 bits per heavy atom. The molecule has 0 saturated heterocycles. The van der Waals surface area contributed by atoms with E-state index in [9.17, 15) is 14.9 Å². The fraction of sp³-hybridized carbons (Fsp3) is 0.438. The number of carbonyl (C=O) groups excluding carboxylic acids is 1. The van der Waals surface area contributed by atoms with Crippen LogP contribution in [0.4, 0.5) is 5.69 Å². The Morgan fingerprint density at radius 3 is 2.91 bits per heavy atom. The van der Waals surface area contributed by atoms with Gasteiger partial charge in [-0.3, -0.25) is 19.8 Å². The van der Waals surface area contributed by atoms with E-state index in [0.29, 0.717) is 18.2 Å². The summed E-state index contributed by atoms with van der Waals surface area (Å²) < 4.78 is 0. The number of amides is 1. The van der Waals surface area contributed by atoms with Crippen molar-refractivity contribution in [2.24, 2.45) is 0 Å². The largest absolute Gasteiger partial charge is 0.351 e. The normalized spacial score (nSPS) is 14.5. The quantitative estimate of drug-likeness (QED) is 0.454. The average molecular weight is 303 g/mol. The van der Waals surface area contributed by atoms with Crippen LogP contribution < -0.4 is 5.32 Å². The van der Waals surface area contributed by atoms with Gasteiger partial charge in [-0.05, 0) is 31.0 Å². The van der Waals surface area contributed by atoms with Crippen LogP contribution in [0.25, 0.3) is 6.08 Å². The van der Waals surface area contributed by atoms with Gasteiger partial charge < -0.3 is 5.32 Å². The fourth-order valence-corrected chi connectivity index (χ4v) is 2.33. The molecule has 1 aromatic rings. The van der Waals surface area contributed by atoms with Gasteiger partial charge in [0, 0.05) is 37.3 Å². The number of carbonyl (C=O) groups is 1. The maximum atomic E-state index is 11.7. The first kappa shape index (κ1) is 16.2. The molecule has 0 radical (unpaired) electrons. The highest BCUT2D eigenvalue weighted by Crippen LogP contribution is 2.25. The molecule has 1 N–H and O–H groups in total. The molecule has 6 nitrogen and oxygen atoms in total. The highest BCUT2D eigenvalue weighted by atomic mass is 16.6. The molecule has 0 heterocycles. The summed E-state index contributed by atoms with van der Waals surface area (Å²) in [6, 6.07) is 6.89. The molecule has 1 aliphatic carbocycles. The van der Waals surface area contributed by atoms with Gasteiger partial charge in [0.25, 0.3) is 5.69 Å². The number of benzene rings is 1. The first-order valence-corrected chi connectivity index (χ1v) is 7.54. The standard InChI is InChI=1S/C16H21N3O3/c1-2-18(14-7-8-14)11-10-17-16(20)9-6-13-4-3-5-15(12-13)19(21)22/h3-6,9,12,14H,2,7-8,10-11H2,1H3,(H,17,20)/b9-6+. The number of nitrogens with one attached hydrogen (secondary N) is 1. The first-order valence-electron chi connectivity index (χ1n) is 7.54. The van der Waals surface area contributed by atoms with E-state index in [1.54, 1.807) is 18.2 Å². The highest BCUT2D eigenvalue weighted by Gasteiger charge is 2.27. The zero-order valence-electron chi connectivity index (χ0n) is 12.7. The van der Waals surface area contributed by atoms with Crippen LogP contribution in [0, 0.1) is 10.1 Å². The molecule has 1 aliphatic rings. The number of nitrogens with zero attached hydrogens (tertiary/aromatic N) is 2. The Kier molecular flexibility index (Phi) is 5.66. The fourth-order valence-electron chi connectivity index (χ4n) is 2.33. The number of non-ortho nitro benzene ring substituents is 1. The number of nitro benzene ring substituents is 1. The van der Waals surface area contributed by atoms with E-state index in [1.165, 1.54) is 31.1 Å². The monoisotopic (exact) mass is 303 g/mol. The molecule has 0 aromatic heterocycles. The van der Waals surface area contributed by atoms with Crippen molar-refractivity contribution in [1.29, 1.82) is 0 Å². The molecular formula is C16H21N3O3. The predicted octanol–water partition coefficient (Wildman–Crippen LogP) is 2.21. The van der Waals surface area contributed by atoms with Crippen molar-refractivity contribution < 1.29 is 9.72 Å². The average Bonchev–Trinajstić information content (AvgIpc) is 3.34. The maximum absolute atomic E-state index is 11.7. The summed E-state index contributed by atoms with van der Waals surface area (Å²) in [6.45, 7) is 4.60. The highest BCUT2D eigenvalue weighted by molar-refractivity contribution is 5.91. The van der Waals surface area contributed by atoms with Crippen LogP contribution >= 0.6 is 0 Å². The molecule has 0 aliphatic heterocycles. The van der Waals surface area contributed by atoms with Gasteiger partial charge in [-0.1, -0.05) is 19.1 Å². The number of hydrogen-bond donors (Lipinski definition) is 1. The molecule has 0 atom stereocenters. The van der Waals surface area contributed by atoms with E-state index in [1.807, 2.05) is 0 Å². The van der Waals surface area contributed by atoms with E-state index in [2.05, 4.69) is 17.1 Å². The topological polar surface area (TPSA) is 75.5 Å². The van der Waals surface area contributed by atoms with Crippen LogP contribution in [0.5, 0.6) is 0 Å². The third-order valence-electron chi connectivity index (χ3n) is 3.68. The maximum Gasteiger partial charge on any atom is 0.270 e. The Hall–Kier alpha value is -2.21. The zero-order valence-corrected chi connectivity index (χ0v) is 12.7. The number of hydrogen-bond acceptors (Lipinski definition) is 4. The van der Waals surface area contributed by atoms with Crippen LogP contribution in [-0.2, 0) is 4.79 Å². The summed E-state index contributed by atoms with van der Waals surface area (Å²) >= 11 is 0.